The molecule has 0 aromatic carbocycles. The van der Waals surface area contributed by atoms with Crippen molar-refractivity contribution in [2.45, 2.75) is 20.0 Å². The zero-order chi connectivity index (χ0) is 6.57. The Morgan fingerprint density at radius 1 is 1.89 bits per heavy atom. The van der Waals surface area contributed by atoms with E-state index in [1.165, 1.54) is 6.92 Å². The first-order valence-corrected chi connectivity index (χ1v) is 2.53. The van der Waals surface area contributed by atoms with Gasteiger partial charge in [0.25, 0.3) is 0 Å². The maximum absolute atomic E-state index is 10.3. The summed E-state index contributed by atoms with van der Waals surface area (Å²) in [7, 11) is 0. The summed E-state index contributed by atoms with van der Waals surface area (Å²) in [5.41, 5.74) is 0. The fraction of sp³-hybridized carbons (Fsp3) is 0.800. The molecule has 1 atom stereocenters. The number of carbonyl (C=O) groups excluding carboxylic acids is 1. The van der Waals surface area contributed by atoms with Gasteiger partial charge in [-0.25, -0.2) is 4.79 Å². The van der Waals surface area contributed by atoms with E-state index in [9.17, 15) is 4.79 Å². The SMILES string of the molecule is CCOC(=O)C(C)O.[Ca+2].[H-].[H-]. The van der Waals surface area contributed by atoms with E-state index < -0.39 is 12.1 Å². The Balaban J connectivity index is -0.0000000817. The molecule has 4 heteroatoms. The van der Waals surface area contributed by atoms with Gasteiger partial charge in [0.1, 0.15) is 6.10 Å². The first-order valence-electron chi connectivity index (χ1n) is 2.53. The van der Waals surface area contributed by atoms with Gasteiger partial charge in [0, 0.05) is 0 Å². The van der Waals surface area contributed by atoms with E-state index in [4.69, 9.17) is 5.11 Å². The van der Waals surface area contributed by atoms with Crippen molar-refractivity contribution in [1.82, 2.24) is 0 Å². The quantitative estimate of drug-likeness (QED) is 0.448. The fourth-order valence-corrected chi connectivity index (χ4v) is 0.263. The average Bonchev–Trinajstić information content (AvgIpc) is 1.67. The number of aliphatic hydroxyl groups excluding tert-OH is 1. The van der Waals surface area contributed by atoms with Crippen LogP contribution in [0.1, 0.15) is 16.7 Å². The molecular formula is C5H12CaO3. The number of rotatable bonds is 2. The smallest absolute Gasteiger partial charge is 1.00 e. The van der Waals surface area contributed by atoms with Crippen molar-refractivity contribution in [3.63, 3.8) is 0 Å². The number of esters is 1. The number of hydrogen-bond donors (Lipinski definition) is 1. The second-order valence-corrected chi connectivity index (χ2v) is 1.43. The molecule has 0 saturated heterocycles. The van der Waals surface area contributed by atoms with Crippen molar-refractivity contribution >= 4 is 43.7 Å². The molecule has 0 fully saturated rings. The largest absolute Gasteiger partial charge is 2.00 e. The van der Waals surface area contributed by atoms with Crippen LogP contribution in [-0.4, -0.2) is 61.5 Å². The summed E-state index contributed by atoms with van der Waals surface area (Å²) < 4.78 is 4.41. The number of carbonyl (C=O) groups is 1. The van der Waals surface area contributed by atoms with Crippen molar-refractivity contribution in [3.05, 3.63) is 0 Å². The summed E-state index contributed by atoms with van der Waals surface area (Å²) in [4.78, 5) is 10.3. The number of hydrogen-bond acceptors (Lipinski definition) is 3. The summed E-state index contributed by atoms with van der Waals surface area (Å²) in [6, 6.07) is 0. The summed E-state index contributed by atoms with van der Waals surface area (Å²) in [5, 5.41) is 8.48. The molecule has 0 rings (SSSR count). The van der Waals surface area contributed by atoms with Crippen LogP contribution in [-0.2, 0) is 9.53 Å². The molecule has 1 N–H and O–H groups in total. The van der Waals surface area contributed by atoms with E-state index >= 15 is 0 Å². The molecule has 0 aliphatic heterocycles. The van der Waals surface area contributed by atoms with E-state index in [2.05, 4.69) is 4.74 Å². The Hall–Kier alpha value is 0.690. The van der Waals surface area contributed by atoms with Crippen LogP contribution >= 0.6 is 0 Å². The van der Waals surface area contributed by atoms with Gasteiger partial charge >= 0.3 is 43.7 Å². The van der Waals surface area contributed by atoms with Gasteiger partial charge in [0.05, 0.1) is 6.61 Å². The van der Waals surface area contributed by atoms with Crippen molar-refractivity contribution in [2.75, 3.05) is 6.61 Å². The van der Waals surface area contributed by atoms with Gasteiger partial charge in [0.15, 0.2) is 0 Å². The van der Waals surface area contributed by atoms with Crippen LogP contribution in [0.5, 0.6) is 0 Å². The van der Waals surface area contributed by atoms with E-state index in [1.807, 2.05) is 0 Å². The molecule has 0 spiro atoms. The molecule has 52 valence electrons. The summed E-state index contributed by atoms with van der Waals surface area (Å²) >= 11 is 0. The Kier molecular flexibility index (Phi) is 9.36. The molecule has 0 radical (unpaired) electrons. The molecule has 0 aromatic heterocycles. The first-order chi connectivity index (χ1) is 3.68. The second kappa shape index (κ2) is 6.80. The van der Waals surface area contributed by atoms with Crippen molar-refractivity contribution in [3.8, 4) is 0 Å². The standard InChI is InChI=1S/C5H10O3.Ca.2H/c1-3-8-5(7)4(2)6;;;/h4,6H,3H2,1-2H3;;;/q;+2;2*-1. The predicted molar refractivity (Wildman–Crippen MR) is 36.3 cm³/mol. The minimum atomic E-state index is -0.991. The van der Waals surface area contributed by atoms with Crippen LogP contribution in [0.3, 0.4) is 0 Å². The normalized spacial score (nSPS) is 11.4. The molecule has 0 aliphatic rings. The monoisotopic (exact) mass is 160 g/mol. The summed E-state index contributed by atoms with van der Waals surface area (Å²) in [6.07, 6.45) is -0.991. The molecule has 0 amide bonds. The molecule has 1 unspecified atom stereocenters. The predicted octanol–water partition coefficient (Wildman–Crippen LogP) is -0.225. The summed E-state index contributed by atoms with van der Waals surface area (Å²) in [5.74, 6) is -0.562. The van der Waals surface area contributed by atoms with E-state index in [-0.39, 0.29) is 40.6 Å². The average molecular weight is 160 g/mol. The third-order valence-corrected chi connectivity index (χ3v) is 0.628. The minimum Gasteiger partial charge on any atom is -1.00 e. The van der Waals surface area contributed by atoms with Gasteiger partial charge in [-0.05, 0) is 13.8 Å². The maximum atomic E-state index is 10.3. The van der Waals surface area contributed by atoms with Crippen molar-refractivity contribution in [1.29, 1.82) is 0 Å². The Morgan fingerprint density at radius 2 is 2.33 bits per heavy atom. The molecule has 0 aliphatic carbocycles. The molecule has 3 nitrogen and oxygen atoms in total. The third kappa shape index (κ3) is 6.58. The van der Waals surface area contributed by atoms with E-state index in [1.54, 1.807) is 6.92 Å². The molecule has 0 heterocycles. The first kappa shape index (κ1) is 12.4. The minimum absolute atomic E-state index is 0. The molecule has 9 heavy (non-hydrogen) atoms. The fourth-order valence-electron chi connectivity index (χ4n) is 0.263. The van der Waals surface area contributed by atoms with Crippen LogP contribution in [0.2, 0.25) is 0 Å². The Morgan fingerprint density at radius 3 is 2.44 bits per heavy atom. The topological polar surface area (TPSA) is 46.5 Å². The Bertz CT molecular complexity index is 89.8. The van der Waals surface area contributed by atoms with Gasteiger partial charge in [-0.1, -0.05) is 0 Å². The van der Waals surface area contributed by atoms with Gasteiger partial charge < -0.3 is 12.7 Å². The third-order valence-electron chi connectivity index (χ3n) is 0.628. The van der Waals surface area contributed by atoms with Crippen molar-refractivity contribution < 1.29 is 17.5 Å². The van der Waals surface area contributed by atoms with Crippen LogP contribution in [0, 0.1) is 0 Å². The molecule has 0 saturated carbocycles. The van der Waals surface area contributed by atoms with Crippen LogP contribution in [0.4, 0.5) is 0 Å². The zero-order valence-corrected chi connectivity index (χ0v) is 7.96. The summed E-state index contributed by atoms with van der Waals surface area (Å²) in [6.45, 7) is 3.39. The molecular weight excluding hydrogens is 148 g/mol. The van der Waals surface area contributed by atoms with E-state index in [0.29, 0.717) is 6.61 Å². The zero-order valence-electron chi connectivity index (χ0n) is 7.76. The van der Waals surface area contributed by atoms with Crippen LogP contribution in [0.25, 0.3) is 0 Å². The molecule has 0 aromatic rings. The second-order valence-electron chi connectivity index (χ2n) is 1.43. The maximum Gasteiger partial charge on any atom is 2.00 e. The van der Waals surface area contributed by atoms with Crippen molar-refractivity contribution in [2.24, 2.45) is 0 Å². The van der Waals surface area contributed by atoms with Gasteiger partial charge in [-0.3, -0.25) is 0 Å². The van der Waals surface area contributed by atoms with E-state index in [0.717, 1.165) is 0 Å². The van der Waals surface area contributed by atoms with Gasteiger partial charge in [0.2, 0.25) is 0 Å². The number of aliphatic hydroxyl groups is 1. The van der Waals surface area contributed by atoms with Gasteiger partial charge in [-0.2, -0.15) is 0 Å². The Labute approximate surface area is 87.4 Å². The van der Waals surface area contributed by atoms with Gasteiger partial charge in [-0.15, -0.1) is 0 Å². The molecule has 0 bridgehead atoms. The number of ether oxygens (including phenoxy) is 1. The van der Waals surface area contributed by atoms with Crippen LogP contribution in [0.15, 0.2) is 0 Å². The van der Waals surface area contributed by atoms with Crippen LogP contribution < -0.4 is 0 Å².